The van der Waals surface area contributed by atoms with Gasteiger partial charge in [-0.2, -0.15) is 0 Å². The highest BCUT2D eigenvalue weighted by Crippen LogP contribution is 2.39. The molecule has 0 saturated heterocycles. The van der Waals surface area contributed by atoms with Crippen LogP contribution in [-0.2, 0) is 13.1 Å². The van der Waals surface area contributed by atoms with E-state index < -0.39 is 0 Å². The van der Waals surface area contributed by atoms with Gasteiger partial charge in [0.05, 0.1) is 21.3 Å². The highest BCUT2D eigenvalue weighted by atomic mass is 16.5. The Labute approximate surface area is 166 Å². The molecule has 0 aliphatic heterocycles. The Hall–Kier alpha value is -2.90. The van der Waals surface area contributed by atoms with Gasteiger partial charge >= 0.3 is 0 Å². The Morgan fingerprint density at radius 3 is 2.36 bits per heavy atom. The van der Waals surface area contributed by atoms with E-state index in [9.17, 15) is 0 Å². The highest BCUT2D eigenvalue weighted by Gasteiger charge is 2.14. The van der Waals surface area contributed by atoms with E-state index in [1.54, 1.807) is 21.3 Å². The molecule has 0 fully saturated rings. The summed E-state index contributed by atoms with van der Waals surface area (Å²) < 4.78 is 18.3. The molecule has 1 aromatic heterocycles. The first kappa shape index (κ1) is 21.4. The van der Waals surface area contributed by atoms with Gasteiger partial charge in [0.2, 0.25) is 5.75 Å². The van der Waals surface area contributed by atoms with Crippen LogP contribution in [-0.4, -0.2) is 43.4 Å². The molecule has 8 heteroatoms. The van der Waals surface area contributed by atoms with Gasteiger partial charge in [-0.15, -0.1) is 0 Å². The molecule has 2 rings (SSSR count). The van der Waals surface area contributed by atoms with Crippen molar-refractivity contribution < 1.29 is 14.2 Å². The van der Waals surface area contributed by atoms with Crippen molar-refractivity contribution in [2.24, 2.45) is 10.9 Å². The number of methoxy groups -OCH3 is 3. The zero-order chi connectivity index (χ0) is 20.5. The fourth-order valence-corrected chi connectivity index (χ4v) is 2.80. The van der Waals surface area contributed by atoms with Crippen molar-refractivity contribution in [3.63, 3.8) is 0 Å². The van der Waals surface area contributed by atoms with Gasteiger partial charge in [0, 0.05) is 43.3 Å². The zero-order valence-electron chi connectivity index (χ0n) is 17.6. The van der Waals surface area contributed by atoms with Crippen LogP contribution in [0.2, 0.25) is 0 Å². The maximum Gasteiger partial charge on any atom is 0.203 e. The number of nitrogens with zero attached hydrogens (tertiary/aromatic N) is 3. The maximum absolute atomic E-state index is 5.41. The van der Waals surface area contributed by atoms with Gasteiger partial charge < -0.3 is 29.4 Å². The number of aromatic nitrogens is 2. The smallest absolute Gasteiger partial charge is 0.203 e. The van der Waals surface area contributed by atoms with Crippen LogP contribution in [0.3, 0.4) is 0 Å². The molecule has 0 aliphatic rings. The number of anilines is 1. The first-order valence-corrected chi connectivity index (χ1v) is 9.37. The van der Waals surface area contributed by atoms with Crippen molar-refractivity contribution in [3.05, 3.63) is 30.4 Å². The molecule has 0 bridgehead atoms. The molecule has 0 unspecified atom stereocenters. The van der Waals surface area contributed by atoms with E-state index >= 15 is 0 Å². The molecular weight excluding hydrogens is 358 g/mol. The molecule has 1 aromatic carbocycles. The van der Waals surface area contributed by atoms with Crippen LogP contribution < -0.4 is 24.8 Å². The van der Waals surface area contributed by atoms with Crippen LogP contribution in [0.5, 0.6) is 17.2 Å². The predicted octanol–water partition coefficient (Wildman–Crippen LogP) is 3.14. The summed E-state index contributed by atoms with van der Waals surface area (Å²) in [4.78, 5) is 9.10. The summed E-state index contributed by atoms with van der Waals surface area (Å²) in [6.07, 6.45) is 3.80. The van der Waals surface area contributed by atoms with Gasteiger partial charge in [-0.05, 0) is 12.8 Å². The molecular formula is C20H31N5O3. The van der Waals surface area contributed by atoms with E-state index in [2.05, 4.69) is 39.0 Å². The van der Waals surface area contributed by atoms with Gasteiger partial charge in [-0.25, -0.2) is 9.98 Å². The molecule has 0 amide bonds. The molecule has 0 aliphatic carbocycles. The first-order chi connectivity index (χ1) is 13.5. The monoisotopic (exact) mass is 389 g/mol. The standard InChI is InChI=1S/C20H31N5O3/c1-7-21-20(23-12-18-22-8-9-25(18)13-14(2)3)24-15-10-16(26-4)19(28-6)17(11-15)27-5/h8-11,14H,7,12-13H2,1-6H3,(H2,21,23,24). The second kappa shape index (κ2) is 10.4. The second-order valence-electron chi connectivity index (χ2n) is 6.62. The number of ether oxygens (including phenoxy) is 3. The lowest BCUT2D eigenvalue weighted by molar-refractivity contribution is 0.324. The van der Waals surface area contributed by atoms with Crippen LogP contribution in [0.4, 0.5) is 5.69 Å². The molecule has 0 saturated carbocycles. The van der Waals surface area contributed by atoms with Gasteiger partial charge in [-0.1, -0.05) is 13.8 Å². The lowest BCUT2D eigenvalue weighted by atomic mass is 10.2. The lowest BCUT2D eigenvalue weighted by Crippen LogP contribution is -2.30. The van der Waals surface area contributed by atoms with Gasteiger partial charge in [0.15, 0.2) is 17.5 Å². The summed E-state index contributed by atoms with van der Waals surface area (Å²) in [5.74, 6) is 3.82. The number of rotatable bonds is 9. The van der Waals surface area contributed by atoms with E-state index in [1.165, 1.54) is 0 Å². The largest absolute Gasteiger partial charge is 0.493 e. The number of benzene rings is 1. The third kappa shape index (κ3) is 5.55. The Morgan fingerprint density at radius 2 is 1.82 bits per heavy atom. The SMILES string of the molecule is CCNC(=NCc1nccn1CC(C)C)Nc1cc(OC)c(OC)c(OC)c1. The summed E-state index contributed by atoms with van der Waals surface area (Å²) in [6, 6.07) is 3.68. The number of hydrogen-bond acceptors (Lipinski definition) is 5. The molecule has 0 atom stereocenters. The fourth-order valence-electron chi connectivity index (χ4n) is 2.80. The zero-order valence-corrected chi connectivity index (χ0v) is 17.6. The number of nitrogens with one attached hydrogen (secondary N) is 2. The highest BCUT2D eigenvalue weighted by molar-refractivity contribution is 5.94. The Balaban J connectivity index is 2.23. The Bertz CT molecular complexity index is 761. The summed E-state index contributed by atoms with van der Waals surface area (Å²) in [5.41, 5.74) is 0.778. The average molecular weight is 390 g/mol. The van der Waals surface area contributed by atoms with Crippen molar-refractivity contribution in [3.8, 4) is 17.2 Å². The molecule has 8 nitrogen and oxygen atoms in total. The van der Waals surface area contributed by atoms with E-state index in [0.717, 1.165) is 24.6 Å². The molecule has 154 valence electrons. The van der Waals surface area contributed by atoms with Crippen molar-refractivity contribution in [2.75, 3.05) is 33.2 Å². The molecule has 28 heavy (non-hydrogen) atoms. The summed E-state index contributed by atoms with van der Waals surface area (Å²) >= 11 is 0. The Kier molecular flexibility index (Phi) is 7.98. The Morgan fingerprint density at radius 1 is 1.14 bits per heavy atom. The summed E-state index contributed by atoms with van der Waals surface area (Å²) in [6.45, 7) is 8.51. The van der Waals surface area contributed by atoms with E-state index in [-0.39, 0.29) is 0 Å². The normalized spacial score (nSPS) is 11.5. The second-order valence-corrected chi connectivity index (χ2v) is 6.62. The topological polar surface area (TPSA) is 81.9 Å². The fraction of sp³-hybridized carbons (Fsp3) is 0.500. The minimum absolute atomic E-state index is 0.472. The van der Waals surface area contributed by atoms with E-state index in [1.807, 2.05) is 31.5 Å². The third-order valence-electron chi connectivity index (χ3n) is 4.01. The predicted molar refractivity (Wildman–Crippen MR) is 112 cm³/mol. The van der Waals surface area contributed by atoms with Crippen molar-refractivity contribution >= 4 is 11.6 Å². The maximum atomic E-state index is 5.41. The van der Waals surface area contributed by atoms with Gasteiger partial charge in [0.1, 0.15) is 12.4 Å². The van der Waals surface area contributed by atoms with Crippen LogP contribution in [0.25, 0.3) is 0 Å². The van der Waals surface area contributed by atoms with Crippen molar-refractivity contribution in [1.82, 2.24) is 14.9 Å². The molecule has 2 aromatic rings. The first-order valence-electron chi connectivity index (χ1n) is 9.37. The van der Waals surface area contributed by atoms with Crippen LogP contribution in [0.15, 0.2) is 29.5 Å². The summed E-state index contributed by atoms with van der Waals surface area (Å²) in [7, 11) is 4.77. The van der Waals surface area contributed by atoms with Crippen LogP contribution in [0.1, 0.15) is 26.6 Å². The molecule has 1 heterocycles. The van der Waals surface area contributed by atoms with Crippen LogP contribution >= 0.6 is 0 Å². The molecule has 0 radical (unpaired) electrons. The summed E-state index contributed by atoms with van der Waals surface area (Å²) in [5, 5.41) is 6.54. The number of hydrogen-bond donors (Lipinski definition) is 2. The average Bonchev–Trinajstić information content (AvgIpc) is 3.11. The van der Waals surface area contributed by atoms with Gasteiger partial charge in [-0.3, -0.25) is 0 Å². The molecule has 0 spiro atoms. The third-order valence-corrected chi connectivity index (χ3v) is 4.01. The number of aliphatic imine (C=N–C) groups is 1. The minimum Gasteiger partial charge on any atom is -0.493 e. The number of guanidine groups is 1. The minimum atomic E-state index is 0.472. The van der Waals surface area contributed by atoms with Gasteiger partial charge in [0.25, 0.3) is 0 Å². The lowest BCUT2D eigenvalue weighted by Gasteiger charge is -2.16. The van der Waals surface area contributed by atoms with Crippen LogP contribution in [0, 0.1) is 5.92 Å². The van der Waals surface area contributed by atoms with E-state index in [4.69, 9.17) is 14.2 Å². The van der Waals surface area contributed by atoms with E-state index in [0.29, 0.717) is 35.7 Å². The quantitative estimate of drug-likeness (QED) is 0.506. The van der Waals surface area contributed by atoms with Crippen molar-refractivity contribution in [1.29, 1.82) is 0 Å². The molecule has 2 N–H and O–H groups in total. The number of imidazole rings is 1. The van der Waals surface area contributed by atoms with Crippen molar-refractivity contribution in [2.45, 2.75) is 33.9 Å².